The van der Waals surface area contributed by atoms with Gasteiger partial charge in [0, 0.05) is 42.3 Å². The number of fused-ring (bicyclic) bond motifs is 1. The molecule has 0 aliphatic carbocycles. The average Bonchev–Trinajstić information content (AvgIpc) is 3.02. The van der Waals surface area contributed by atoms with Crippen molar-refractivity contribution in [2.75, 3.05) is 19.6 Å². The highest BCUT2D eigenvalue weighted by molar-refractivity contribution is 6.30. The van der Waals surface area contributed by atoms with E-state index in [0.717, 1.165) is 27.5 Å². The molecule has 1 aliphatic heterocycles. The smallest absolute Gasteiger partial charge is 0.254 e. The lowest BCUT2D eigenvalue weighted by Crippen LogP contribution is -2.61. The Bertz CT molecular complexity index is 1630. The molecule has 1 saturated heterocycles. The highest BCUT2D eigenvalue weighted by Gasteiger charge is 2.38. The Balaban J connectivity index is 1.38. The van der Waals surface area contributed by atoms with E-state index in [4.69, 9.17) is 23.1 Å². The fraction of sp³-hybridized carbons (Fsp3) is 0.286. The molecule has 0 spiro atoms. The molecule has 0 radical (unpaired) electrons. The highest BCUT2D eigenvalue weighted by atomic mass is 35.5. The Labute approximate surface area is 258 Å². The summed E-state index contributed by atoms with van der Waals surface area (Å²) >= 11 is 6.08. The molecule has 8 heteroatoms. The molecule has 7 nitrogen and oxygen atoms in total. The molecule has 4 N–H and O–H groups in total. The first-order chi connectivity index (χ1) is 20.7. The van der Waals surface area contributed by atoms with Gasteiger partial charge < -0.3 is 21.3 Å². The quantitative estimate of drug-likeness (QED) is 0.147. The van der Waals surface area contributed by atoms with Crippen LogP contribution in [0.4, 0.5) is 0 Å². The maximum atomic E-state index is 14.0. The van der Waals surface area contributed by atoms with Crippen LogP contribution < -0.4 is 11.5 Å². The van der Waals surface area contributed by atoms with Crippen molar-refractivity contribution in [1.82, 2.24) is 9.80 Å². The van der Waals surface area contributed by atoms with Crippen molar-refractivity contribution in [2.45, 2.75) is 44.7 Å². The summed E-state index contributed by atoms with van der Waals surface area (Å²) in [5, 5.41) is 2.92. The van der Waals surface area contributed by atoms with Crippen LogP contribution in [-0.4, -0.2) is 59.3 Å². The van der Waals surface area contributed by atoms with Crippen LogP contribution in [0.5, 0.6) is 0 Å². The van der Waals surface area contributed by atoms with E-state index in [1.807, 2.05) is 90.4 Å². The van der Waals surface area contributed by atoms with Crippen LogP contribution in [0.15, 0.2) is 96.0 Å². The van der Waals surface area contributed by atoms with Crippen molar-refractivity contribution in [2.24, 2.45) is 16.5 Å². The van der Waals surface area contributed by atoms with Gasteiger partial charge in [0.15, 0.2) is 5.96 Å². The number of hydrogen-bond acceptors (Lipinski definition) is 3. The Morgan fingerprint density at radius 1 is 0.884 bits per heavy atom. The Hall–Kier alpha value is -4.36. The first kappa shape index (κ1) is 30.1. The van der Waals surface area contributed by atoms with Crippen molar-refractivity contribution in [1.29, 1.82) is 0 Å². The molecule has 0 unspecified atom stereocenters. The minimum Gasteiger partial charge on any atom is -0.370 e. The third-order valence-corrected chi connectivity index (χ3v) is 8.56. The molecule has 222 valence electrons. The molecule has 5 rings (SSSR count). The number of amides is 2. The largest absolute Gasteiger partial charge is 0.370 e. The van der Waals surface area contributed by atoms with Gasteiger partial charge in [-0.05, 0) is 78.4 Å². The Morgan fingerprint density at radius 2 is 1.63 bits per heavy atom. The topological polar surface area (TPSA) is 105 Å². The number of guanidine groups is 1. The molecule has 4 aromatic rings. The first-order valence-electron chi connectivity index (χ1n) is 14.7. The zero-order valence-electron chi connectivity index (χ0n) is 24.6. The maximum absolute atomic E-state index is 14.0. The summed E-state index contributed by atoms with van der Waals surface area (Å²) in [7, 11) is 0. The lowest BCUT2D eigenvalue weighted by molar-refractivity contribution is -0.138. The number of nitrogens with zero attached hydrogens (tertiary/aromatic N) is 3. The monoisotopic (exact) mass is 595 g/mol. The fourth-order valence-corrected chi connectivity index (χ4v) is 6.01. The number of aliphatic imine (C=N–C) groups is 1. The van der Waals surface area contributed by atoms with Crippen LogP contribution in [-0.2, 0) is 4.79 Å². The van der Waals surface area contributed by atoms with Gasteiger partial charge >= 0.3 is 0 Å². The van der Waals surface area contributed by atoms with Gasteiger partial charge in [0.2, 0.25) is 5.91 Å². The van der Waals surface area contributed by atoms with Crippen molar-refractivity contribution in [3.63, 3.8) is 0 Å². The number of halogens is 1. The summed E-state index contributed by atoms with van der Waals surface area (Å²) < 4.78 is 0. The van der Waals surface area contributed by atoms with E-state index in [2.05, 4.69) is 29.3 Å². The third-order valence-electron chi connectivity index (χ3n) is 8.31. The van der Waals surface area contributed by atoms with E-state index in [-0.39, 0.29) is 35.8 Å². The second-order valence-corrected chi connectivity index (χ2v) is 11.8. The second-order valence-electron chi connectivity index (χ2n) is 11.3. The predicted molar refractivity (Wildman–Crippen MR) is 175 cm³/mol. The van der Waals surface area contributed by atoms with Crippen LogP contribution in [0.25, 0.3) is 21.9 Å². The van der Waals surface area contributed by atoms with E-state index < -0.39 is 0 Å². The SMILES string of the molecule is C[C@H](C(=O)N1C[C@H](CCCN=C(N)N)N(C(=O)c2cccc(-c3ccc(Cl)cc3)c2)C[C@H]1C)c1ccc2ccccc2c1. The average molecular weight is 596 g/mol. The second kappa shape index (κ2) is 13.3. The molecule has 4 aromatic carbocycles. The molecule has 1 fully saturated rings. The van der Waals surface area contributed by atoms with E-state index in [9.17, 15) is 9.59 Å². The molecular weight excluding hydrogens is 558 g/mol. The van der Waals surface area contributed by atoms with Crippen LogP contribution in [0.1, 0.15) is 48.5 Å². The summed E-state index contributed by atoms with van der Waals surface area (Å²) in [4.78, 5) is 36.0. The van der Waals surface area contributed by atoms with Crippen LogP contribution >= 0.6 is 11.6 Å². The Kier molecular flexibility index (Phi) is 9.31. The van der Waals surface area contributed by atoms with E-state index in [1.54, 1.807) is 0 Å². The standard InChI is InChI=1S/C35H38ClN5O2/c1-23-21-41(34(43)30-10-5-9-29(20-30)26-14-16-31(36)17-15-26)32(11-6-18-39-35(37)38)22-40(23)33(42)24(2)27-13-12-25-7-3-4-8-28(25)19-27/h3-5,7-10,12-17,19-20,23-24,32H,6,11,18,21-22H2,1-2H3,(H4,37,38,39)/t23-,24+,32+/m1/s1. The van der Waals surface area contributed by atoms with Gasteiger partial charge in [-0.3, -0.25) is 14.6 Å². The van der Waals surface area contributed by atoms with Crippen LogP contribution in [0.2, 0.25) is 5.02 Å². The van der Waals surface area contributed by atoms with Gasteiger partial charge in [-0.1, -0.05) is 78.3 Å². The summed E-state index contributed by atoms with van der Waals surface area (Å²) in [6.07, 6.45) is 1.36. The van der Waals surface area contributed by atoms with Gasteiger partial charge in [0.1, 0.15) is 0 Å². The number of benzene rings is 4. The molecule has 3 atom stereocenters. The molecule has 43 heavy (non-hydrogen) atoms. The summed E-state index contributed by atoms with van der Waals surface area (Å²) in [6.45, 7) is 5.33. The molecule has 2 amide bonds. The number of rotatable bonds is 8. The summed E-state index contributed by atoms with van der Waals surface area (Å²) in [5.74, 6) is -0.254. The Morgan fingerprint density at radius 3 is 2.37 bits per heavy atom. The van der Waals surface area contributed by atoms with E-state index in [1.165, 1.54) is 0 Å². The zero-order chi connectivity index (χ0) is 30.5. The molecular formula is C35H38ClN5O2. The summed E-state index contributed by atoms with van der Waals surface area (Å²) in [6, 6.07) is 29.3. The van der Waals surface area contributed by atoms with E-state index in [0.29, 0.717) is 43.1 Å². The number of carbonyl (C=O) groups excluding carboxylic acids is 2. The fourth-order valence-electron chi connectivity index (χ4n) is 5.88. The molecule has 1 heterocycles. The molecule has 1 aliphatic rings. The summed E-state index contributed by atoms with van der Waals surface area (Å²) in [5.41, 5.74) is 14.6. The zero-order valence-corrected chi connectivity index (χ0v) is 25.4. The number of nitrogens with two attached hydrogens (primary N) is 2. The van der Waals surface area contributed by atoms with Gasteiger partial charge in [-0.2, -0.15) is 0 Å². The number of hydrogen-bond donors (Lipinski definition) is 2. The van der Waals surface area contributed by atoms with Crippen molar-refractivity contribution < 1.29 is 9.59 Å². The van der Waals surface area contributed by atoms with Gasteiger partial charge in [0.25, 0.3) is 5.91 Å². The maximum Gasteiger partial charge on any atom is 0.254 e. The minimum absolute atomic E-state index is 0.0465. The van der Waals surface area contributed by atoms with Crippen LogP contribution in [0.3, 0.4) is 0 Å². The number of piperazine rings is 1. The third kappa shape index (κ3) is 7.00. The minimum atomic E-state index is -0.312. The lowest BCUT2D eigenvalue weighted by Gasteiger charge is -2.46. The van der Waals surface area contributed by atoms with Crippen LogP contribution in [0, 0.1) is 0 Å². The lowest BCUT2D eigenvalue weighted by atomic mass is 9.94. The van der Waals surface area contributed by atoms with Gasteiger partial charge in [0.05, 0.1) is 5.92 Å². The molecule has 0 bridgehead atoms. The van der Waals surface area contributed by atoms with E-state index >= 15 is 0 Å². The normalized spacial score (nSPS) is 17.5. The first-order valence-corrected chi connectivity index (χ1v) is 15.1. The molecule has 0 saturated carbocycles. The van der Waals surface area contributed by atoms with Crippen molar-refractivity contribution >= 4 is 40.1 Å². The van der Waals surface area contributed by atoms with Crippen molar-refractivity contribution in [3.05, 3.63) is 107 Å². The van der Waals surface area contributed by atoms with Gasteiger partial charge in [-0.15, -0.1) is 0 Å². The highest BCUT2D eigenvalue weighted by Crippen LogP contribution is 2.29. The number of carbonyl (C=O) groups is 2. The molecule has 0 aromatic heterocycles. The van der Waals surface area contributed by atoms with Crippen molar-refractivity contribution in [3.8, 4) is 11.1 Å². The predicted octanol–water partition coefficient (Wildman–Crippen LogP) is 6.06. The van der Waals surface area contributed by atoms with Gasteiger partial charge in [-0.25, -0.2) is 0 Å².